The molecular weight excluding hydrogens is 248 g/mol. The average Bonchev–Trinajstić information content (AvgIpc) is 2.88. The maximum Gasteiger partial charge on any atom is 0.0622 e. The molecule has 3 nitrogen and oxygen atoms in total. The van der Waals surface area contributed by atoms with Crippen molar-refractivity contribution in [3.05, 3.63) is 34.3 Å². The minimum absolute atomic E-state index is 0.204. The van der Waals surface area contributed by atoms with Gasteiger partial charge in [0.05, 0.1) is 6.61 Å². The number of likely N-dealkylation sites (N-methyl/N-ethyl adjacent to an activating group) is 1. The van der Waals surface area contributed by atoms with E-state index < -0.39 is 0 Å². The second-order valence-corrected chi connectivity index (χ2v) is 5.35. The van der Waals surface area contributed by atoms with E-state index in [1.165, 1.54) is 5.56 Å². The molecule has 1 aliphatic rings. The third-order valence-electron chi connectivity index (χ3n) is 3.78. The molecule has 0 bridgehead atoms. The summed E-state index contributed by atoms with van der Waals surface area (Å²) in [6, 6.07) is 6.86. The fourth-order valence-electron chi connectivity index (χ4n) is 2.45. The number of hydrogen-bond donors (Lipinski definition) is 1. The van der Waals surface area contributed by atoms with Crippen LogP contribution in [0.25, 0.3) is 0 Å². The normalized spacial score (nSPS) is 21.5. The van der Waals surface area contributed by atoms with Gasteiger partial charge in [-0.25, -0.2) is 0 Å². The number of halogens is 1. The highest BCUT2D eigenvalue weighted by Crippen LogP contribution is 2.27. The Balaban J connectivity index is 2.18. The Hall–Kier alpha value is -0.610. The molecule has 0 amide bonds. The summed E-state index contributed by atoms with van der Waals surface area (Å²) in [5.74, 6) is 0. The van der Waals surface area contributed by atoms with Gasteiger partial charge in [0.1, 0.15) is 0 Å². The molecule has 100 valence electrons. The first-order valence-electron chi connectivity index (χ1n) is 6.39. The van der Waals surface area contributed by atoms with Crippen LogP contribution in [-0.2, 0) is 4.74 Å². The molecule has 0 radical (unpaired) electrons. The van der Waals surface area contributed by atoms with Crippen molar-refractivity contribution < 1.29 is 4.74 Å². The van der Waals surface area contributed by atoms with Gasteiger partial charge in [-0.05, 0) is 37.6 Å². The molecule has 1 aromatic carbocycles. The van der Waals surface area contributed by atoms with E-state index >= 15 is 0 Å². The summed E-state index contributed by atoms with van der Waals surface area (Å²) in [6.07, 6.45) is 1.08. The molecule has 1 heterocycles. The lowest BCUT2D eigenvalue weighted by molar-refractivity contribution is 0.134. The van der Waals surface area contributed by atoms with Crippen LogP contribution < -0.4 is 5.73 Å². The molecule has 4 heteroatoms. The minimum Gasteiger partial charge on any atom is -0.380 e. The van der Waals surface area contributed by atoms with Gasteiger partial charge in [-0.1, -0.05) is 23.7 Å². The molecule has 18 heavy (non-hydrogen) atoms. The minimum atomic E-state index is 0.204. The van der Waals surface area contributed by atoms with Crippen molar-refractivity contribution in [2.75, 3.05) is 26.8 Å². The van der Waals surface area contributed by atoms with Crippen LogP contribution in [0, 0.1) is 6.92 Å². The summed E-state index contributed by atoms with van der Waals surface area (Å²) in [6.45, 7) is 4.25. The summed E-state index contributed by atoms with van der Waals surface area (Å²) in [7, 11) is 2.12. The van der Waals surface area contributed by atoms with Crippen molar-refractivity contribution in [2.24, 2.45) is 5.73 Å². The summed E-state index contributed by atoms with van der Waals surface area (Å²) in [5.41, 5.74) is 8.22. The zero-order valence-electron chi connectivity index (χ0n) is 11.0. The van der Waals surface area contributed by atoms with Gasteiger partial charge in [-0.2, -0.15) is 0 Å². The van der Waals surface area contributed by atoms with Gasteiger partial charge in [-0.3, -0.25) is 4.90 Å². The Kier molecular flexibility index (Phi) is 4.62. The summed E-state index contributed by atoms with van der Waals surface area (Å²) in [5, 5.41) is 0.807. The van der Waals surface area contributed by atoms with Gasteiger partial charge in [0.15, 0.2) is 0 Å². The monoisotopic (exact) mass is 268 g/mol. The summed E-state index contributed by atoms with van der Waals surface area (Å²) < 4.78 is 5.44. The lowest BCUT2D eigenvalue weighted by atomic mass is 10.0. The maximum absolute atomic E-state index is 6.20. The highest BCUT2D eigenvalue weighted by atomic mass is 35.5. The van der Waals surface area contributed by atoms with Crippen molar-refractivity contribution in [1.82, 2.24) is 4.90 Å². The number of rotatable bonds is 4. The third kappa shape index (κ3) is 2.86. The van der Waals surface area contributed by atoms with E-state index in [4.69, 9.17) is 22.1 Å². The third-order valence-corrected chi connectivity index (χ3v) is 4.18. The number of aryl methyl sites for hydroxylation is 1. The highest BCUT2D eigenvalue weighted by Gasteiger charge is 2.26. The van der Waals surface area contributed by atoms with Crippen molar-refractivity contribution in [1.29, 1.82) is 0 Å². The molecule has 0 saturated carbocycles. The number of hydrogen-bond acceptors (Lipinski definition) is 3. The molecule has 0 aliphatic carbocycles. The molecule has 2 atom stereocenters. The van der Waals surface area contributed by atoms with Gasteiger partial charge in [0, 0.05) is 30.3 Å². The number of ether oxygens (including phenoxy) is 1. The van der Waals surface area contributed by atoms with Crippen LogP contribution in [0.15, 0.2) is 18.2 Å². The van der Waals surface area contributed by atoms with Crippen LogP contribution in [0.2, 0.25) is 5.02 Å². The van der Waals surface area contributed by atoms with E-state index in [0.29, 0.717) is 12.6 Å². The Morgan fingerprint density at radius 2 is 2.33 bits per heavy atom. The van der Waals surface area contributed by atoms with Crippen molar-refractivity contribution >= 4 is 11.6 Å². The Labute approximate surface area is 114 Å². The number of nitrogens with zero attached hydrogens (tertiary/aromatic N) is 1. The predicted molar refractivity (Wildman–Crippen MR) is 75.0 cm³/mol. The molecule has 0 aromatic heterocycles. The molecule has 2 N–H and O–H groups in total. The quantitative estimate of drug-likeness (QED) is 0.911. The Morgan fingerprint density at radius 1 is 1.56 bits per heavy atom. The molecule has 1 aliphatic heterocycles. The van der Waals surface area contributed by atoms with Crippen molar-refractivity contribution in [2.45, 2.75) is 25.4 Å². The first-order chi connectivity index (χ1) is 8.63. The van der Waals surface area contributed by atoms with Crippen LogP contribution in [0.5, 0.6) is 0 Å². The van der Waals surface area contributed by atoms with E-state index in [9.17, 15) is 0 Å². The first kappa shape index (κ1) is 13.8. The van der Waals surface area contributed by atoms with E-state index in [1.54, 1.807) is 0 Å². The van der Waals surface area contributed by atoms with E-state index in [-0.39, 0.29) is 6.04 Å². The number of benzene rings is 1. The maximum atomic E-state index is 6.20. The Bertz CT molecular complexity index is 405. The lowest BCUT2D eigenvalue weighted by Crippen LogP contribution is -2.38. The highest BCUT2D eigenvalue weighted by molar-refractivity contribution is 6.31. The first-order valence-corrected chi connectivity index (χ1v) is 6.77. The van der Waals surface area contributed by atoms with Crippen LogP contribution >= 0.6 is 11.6 Å². The van der Waals surface area contributed by atoms with E-state index in [1.807, 2.05) is 13.0 Å². The van der Waals surface area contributed by atoms with Crippen molar-refractivity contribution in [3.8, 4) is 0 Å². The van der Waals surface area contributed by atoms with Gasteiger partial charge in [-0.15, -0.1) is 0 Å². The van der Waals surface area contributed by atoms with Gasteiger partial charge < -0.3 is 10.5 Å². The molecule has 1 saturated heterocycles. The summed E-state index contributed by atoms with van der Waals surface area (Å²) >= 11 is 6.20. The predicted octanol–water partition coefficient (Wildman–Crippen LogP) is 2.37. The molecule has 1 aromatic rings. The second-order valence-electron chi connectivity index (χ2n) is 4.94. The van der Waals surface area contributed by atoms with Crippen LogP contribution in [0.3, 0.4) is 0 Å². The van der Waals surface area contributed by atoms with Crippen molar-refractivity contribution in [3.63, 3.8) is 0 Å². The van der Waals surface area contributed by atoms with Gasteiger partial charge in [0.2, 0.25) is 0 Å². The van der Waals surface area contributed by atoms with E-state index in [0.717, 1.165) is 30.2 Å². The standard InChI is InChI=1S/C14H21ClN2O/c1-10-3-4-11(7-13(10)15)14(8-16)17(2)12-5-6-18-9-12/h3-4,7,12,14H,5-6,8-9,16H2,1-2H3. The van der Waals surface area contributed by atoms with Gasteiger partial charge >= 0.3 is 0 Å². The SMILES string of the molecule is Cc1ccc(C(CN)N(C)C2CCOC2)cc1Cl. The zero-order valence-corrected chi connectivity index (χ0v) is 11.8. The van der Waals surface area contributed by atoms with E-state index in [2.05, 4.69) is 24.1 Å². The molecule has 0 spiro atoms. The topological polar surface area (TPSA) is 38.5 Å². The molecule has 2 rings (SSSR count). The zero-order chi connectivity index (χ0) is 13.1. The van der Waals surface area contributed by atoms with Crippen LogP contribution in [0.4, 0.5) is 0 Å². The van der Waals surface area contributed by atoms with Gasteiger partial charge in [0.25, 0.3) is 0 Å². The lowest BCUT2D eigenvalue weighted by Gasteiger charge is -2.32. The summed E-state index contributed by atoms with van der Waals surface area (Å²) in [4.78, 5) is 2.31. The largest absolute Gasteiger partial charge is 0.380 e. The van der Waals surface area contributed by atoms with Crippen LogP contribution in [0.1, 0.15) is 23.6 Å². The average molecular weight is 269 g/mol. The molecule has 2 unspecified atom stereocenters. The fraction of sp³-hybridized carbons (Fsp3) is 0.571. The molecule has 1 fully saturated rings. The molecular formula is C14H21ClN2O. The smallest absolute Gasteiger partial charge is 0.0622 e. The second kappa shape index (κ2) is 6.02. The Morgan fingerprint density at radius 3 is 2.89 bits per heavy atom. The number of nitrogens with two attached hydrogens (primary N) is 1. The fourth-order valence-corrected chi connectivity index (χ4v) is 2.64. The van der Waals surface area contributed by atoms with Crippen LogP contribution in [-0.4, -0.2) is 37.7 Å².